The smallest absolute Gasteiger partial charge is 0.245 e. The second-order valence-electron chi connectivity index (χ2n) is 6.21. The van der Waals surface area contributed by atoms with Gasteiger partial charge in [0, 0.05) is 12.5 Å². The molecule has 4 heteroatoms. The van der Waals surface area contributed by atoms with E-state index in [-0.39, 0.29) is 18.2 Å². The first kappa shape index (κ1) is 17.2. The third-order valence-electron chi connectivity index (χ3n) is 4.40. The molecule has 0 heterocycles. The molecule has 0 radical (unpaired) electrons. The molecule has 1 aromatic carbocycles. The Labute approximate surface area is 137 Å². The van der Waals surface area contributed by atoms with Crippen molar-refractivity contribution in [2.24, 2.45) is 5.92 Å². The van der Waals surface area contributed by atoms with Crippen LogP contribution in [0.4, 0.5) is 0 Å². The number of aryl methyl sites for hydroxylation is 1. The number of benzene rings is 1. The highest BCUT2D eigenvalue weighted by Gasteiger charge is 2.28. The van der Waals surface area contributed by atoms with Crippen LogP contribution in [0.5, 0.6) is 0 Å². The molecule has 4 nitrogen and oxygen atoms in total. The van der Waals surface area contributed by atoms with Crippen molar-refractivity contribution in [1.82, 2.24) is 5.32 Å². The number of nitrogens with one attached hydrogen (secondary N) is 1. The van der Waals surface area contributed by atoms with Gasteiger partial charge in [0.05, 0.1) is 6.07 Å². The van der Waals surface area contributed by atoms with E-state index in [0.717, 1.165) is 32.1 Å². The van der Waals surface area contributed by atoms with Gasteiger partial charge >= 0.3 is 0 Å². The van der Waals surface area contributed by atoms with Gasteiger partial charge < -0.3 is 5.32 Å². The van der Waals surface area contributed by atoms with Crippen molar-refractivity contribution in [2.45, 2.75) is 57.4 Å². The zero-order chi connectivity index (χ0) is 16.5. The van der Waals surface area contributed by atoms with E-state index in [1.165, 1.54) is 12.0 Å². The van der Waals surface area contributed by atoms with Crippen LogP contribution < -0.4 is 5.32 Å². The lowest BCUT2D eigenvalue weighted by Crippen LogP contribution is -2.42. The summed E-state index contributed by atoms with van der Waals surface area (Å²) in [6.07, 6.45) is 7.03. The number of rotatable bonds is 7. The molecule has 1 fully saturated rings. The maximum Gasteiger partial charge on any atom is 0.245 e. The number of nitrogens with zero attached hydrogens (tertiary/aromatic N) is 1. The van der Waals surface area contributed by atoms with Crippen molar-refractivity contribution in [1.29, 1.82) is 5.26 Å². The van der Waals surface area contributed by atoms with Gasteiger partial charge in [-0.15, -0.1) is 0 Å². The predicted octanol–water partition coefficient (Wildman–Crippen LogP) is 3.17. The van der Waals surface area contributed by atoms with E-state index in [1.54, 1.807) is 0 Å². The van der Waals surface area contributed by atoms with Gasteiger partial charge in [-0.25, -0.2) is 0 Å². The molecule has 1 aliphatic carbocycles. The fourth-order valence-electron chi connectivity index (χ4n) is 3.06. The Hall–Kier alpha value is -2.15. The van der Waals surface area contributed by atoms with Crippen molar-refractivity contribution in [3.05, 3.63) is 35.9 Å². The van der Waals surface area contributed by atoms with E-state index in [2.05, 4.69) is 5.32 Å². The number of hydrogen-bond donors (Lipinski definition) is 1. The summed E-state index contributed by atoms with van der Waals surface area (Å²) in [4.78, 5) is 24.3. The number of nitriles is 1. The number of amides is 1. The number of Topliss-reactive ketones (excluding diaryl/α,β-unsaturated/α-hetero) is 1. The van der Waals surface area contributed by atoms with Gasteiger partial charge in [0.2, 0.25) is 5.91 Å². The molecule has 1 atom stereocenters. The molecule has 1 amide bonds. The highest BCUT2D eigenvalue weighted by atomic mass is 16.2. The summed E-state index contributed by atoms with van der Waals surface area (Å²) in [5, 5.41) is 12.1. The van der Waals surface area contributed by atoms with Gasteiger partial charge in [0.1, 0.15) is 0 Å². The molecule has 0 bridgehead atoms. The molecule has 0 aliphatic heterocycles. The summed E-state index contributed by atoms with van der Waals surface area (Å²) in [5.74, 6) is -1.84. The van der Waals surface area contributed by atoms with Crippen LogP contribution in [0, 0.1) is 17.2 Å². The molecular formula is C19H24N2O2. The molecule has 0 spiro atoms. The zero-order valence-corrected chi connectivity index (χ0v) is 13.5. The van der Waals surface area contributed by atoms with Crippen LogP contribution in [0.25, 0.3) is 0 Å². The molecule has 122 valence electrons. The summed E-state index contributed by atoms with van der Waals surface area (Å²) in [7, 11) is 0. The SMILES string of the molecule is N#CC(C(=O)CCCc1ccccc1)C(=O)NC1CCCCC1. The Kier molecular flexibility index (Phi) is 6.80. The Morgan fingerprint density at radius 3 is 2.52 bits per heavy atom. The molecule has 0 saturated heterocycles. The van der Waals surface area contributed by atoms with Gasteiger partial charge in [-0.2, -0.15) is 5.26 Å². The highest BCUT2D eigenvalue weighted by molar-refractivity contribution is 6.04. The summed E-state index contributed by atoms with van der Waals surface area (Å²) in [6, 6.07) is 11.9. The maximum atomic E-state index is 12.2. The molecule has 1 unspecified atom stereocenters. The first-order chi connectivity index (χ1) is 11.2. The molecule has 1 saturated carbocycles. The molecule has 1 aromatic rings. The number of carbonyl (C=O) groups excluding carboxylic acids is 2. The third-order valence-corrected chi connectivity index (χ3v) is 4.40. The number of hydrogen-bond acceptors (Lipinski definition) is 3. The van der Waals surface area contributed by atoms with Gasteiger partial charge in [-0.3, -0.25) is 9.59 Å². The lowest BCUT2D eigenvalue weighted by molar-refractivity contribution is -0.132. The average molecular weight is 312 g/mol. The van der Waals surface area contributed by atoms with Crippen LogP contribution >= 0.6 is 0 Å². The van der Waals surface area contributed by atoms with Crippen LogP contribution in [0.15, 0.2) is 30.3 Å². The van der Waals surface area contributed by atoms with Crippen LogP contribution in [0.2, 0.25) is 0 Å². The topological polar surface area (TPSA) is 70.0 Å². The summed E-state index contributed by atoms with van der Waals surface area (Å²) >= 11 is 0. The first-order valence-electron chi connectivity index (χ1n) is 8.47. The minimum absolute atomic E-state index is 0.129. The standard InChI is InChI=1S/C19H24N2O2/c20-14-17(19(23)21-16-11-5-2-6-12-16)18(22)13-7-10-15-8-3-1-4-9-15/h1,3-4,8-9,16-17H,2,5-7,10-13H2,(H,21,23). The van der Waals surface area contributed by atoms with Crippen molar-refractivity contribution in [2.75, 3.05) is 0 Å². The van der Waals surface area contributed by atoms with E-state index in [0.29, 0.717) is 6.42 Å². The lowest BCUT2D eigenvalue weighted by atomic mass is 9.93. The van der Waals surface area contributed by atoms with Gasteiger partial charge in [-0.1, -0.05) is 49.6 Å². The van der Waals surface area contributed by atoms with Gasteiger partial charge in [0.15, 0.2) is 11.7 Å². The second-order valence-corrected chi connectivity index (χ2v) is 6.21. The normalized spacial score (nSPS) is 16.3. The van der Waals surface area contributed by atoms with E-state index in [1.807, 2.05) is 36.4 Å². The van der Waals surface area contributed by atoms with E-state index in [4.69, 9.17) is 0 Å². The van der Waals surface area contributed by atoms with Crippen LogP contribution in [-0.2, 0) is 16.0 Å². The zero-order valence-electron chi connectivity index (χ0n) is 13.5. The second kappa shape index (κ2) is 9.09. The van der Waals surface area contributed by atoms with E-state index >= 15 is 0 Å². The Balaban J connectivity index is 1.78. The van der Waals surface area contributed by atoms with E-state index < -0.39 is 11.8 Å². The third kappa shape index (κ3) is 5.52. The summed E-state index contributed by atoms with van der Waals surface area (Å²) in [5.41, 5.74) is 1.17. The largest absolute Gasteiger partial charge is 0.352 e. The monoisotopic (exact) mass is 312 g/mol. The van der Waals surface area contributed by atoms with Crippen molar-refractivity contribution < 1.29 is 9.59 Å². The summed E-state index contributed by atoms with van der Waals surface area (Å²) < 4.78 is 0. The number of carbonyl (C=O) groups is 2. The number of ketones is 1. The molecule has 2 rings (SSSR count). The highest BCUT2D eigenvalue weighted by Crippen LogP contribution is 2.18. The van der Waals surface area contributed by atoms with Gasteiger partial charge in [0.25, 0.3) is 0 Å². The Morgan fingerprint density at radius 1 is 1.17 bits per heavy atom. The minimum Gasteiger partial charge on any atom is -0.352 e. The molecule has 1 N–H and O–H groups in total. The van der Waals surface area contributed by atoms with Crippen LogP contribution in [0.3, 0.4) is 0 Å². The van der Waals surface area contributed by atoms with Gasteiger partial charge in [-0.05, 0) is 31.2 Å². The first-order valence-corrected chi connectivity index (χ1v) is 8.47. The fraction of sp³-hybridized carbons (Fsp3) is 0.526. The van der Waals surface area contributed by atoms with Crippen LogP contribution in [-0.4, -0.2) is 17.7 Å². The van der Waals surface area contributed by atoms with Crippen molar-refractivity contribution in [3.8, 4) is 6.07 Å². The molecule has 23 heavy (non-hydrogen) atoms. The quantitative estimate of drug-likeness (QED) is 0.786. The summed E-state index contributed by atoms with van der Waals surface area (Å²) in [6.45, 7) is 0. The van der Waals surface area contributed by atoms with Crippen molar-refractivity contribution in [3.63, 3.8) is 0 Å². The fourth-order valence-corrected chi connectivity index (χ4v) is 3.06. The van der Waals surface area contributed by atoms with Crippen LogP contribution in [0.1, 0.15) is 50.5 Å². The Morgan fingerprint density at radius 2 is 1.87 bits per heavy atom. The molecule has 1 aliphatic rings. The Bertz CT molecular complexity index is 556. The lowest BCUT2D eigenvalue weighted by Gasteiger charge is -2.23. The minimum atomic E-state index is -1.16. The average Bonchev–Trinajstić information content (AvgIpc) is 2.57. The van der Waals surface area contributed by atoms with Crippen molar-refractivity contribution >= 4 is 11.7 Å². The predicted molar refractivity (Wildman–Crippen MR) is 88.5 cm³/mol. The van der Waals surface area contributed by atoms with E-state index in [9.17, 15) is 14.9 Å². The molecule has 0 aromatic heterocycles. The maximum absolute atomic E-state index is 12.2. The molecular weight excluding hydrogens is 288 g/mol.